The lowest BCUT2D eigenvalue weighted by molar-refractivity contribution is -0.147. The number of ether oxygens (including phenoxy) is 1. The van der Waals surface area contributed by atoms with E-state index in [1.165, 1.54) is 0 Å². The number of esters is 1. The maximum absolute atomic E-state index is 12.4. The van der Waals surface area contributed by atoms with Gasteiger partial charge in [0.15, 0.2) is 12.4 Å². The van der Waals surface area contributed by atoms with Gasteiger partial charge in [0.25, 0.3) is 0 Å². The first-order valence-electron chi connectivity index (χ1n) is 9.75. The van der Waals surface area contributed by atoms with Crippen LogP contribution in [0.15, 0.2) is 77.4 Å². The van der Waals surface area contributed by atoms with E-state index in [0.717, 1.165) is 11.1 Å². The molecule has 0 bridgehead atoms. The van der Waals surface area contributed by atoms with Gasteiger partial charge in [0.1, 0.15) is 5.76 Å². The topological polar surface area (TPSA) is 76.8 Å². The normalized spacial score (nSPS) is 15.9. The molecule has 1 aromatic heterocycles. The summed E-state index contributed by atoms with van der Waals surface area (Å²) in [5, 5.41) is 0. The molecule has 1 aliphatic heterocycles. The third-order valence-corrected chi connectivity index (χ3v) is 5.13. The van der Waals surface area contributed by atoms with Crippen LogP contribution in [0, 0.1) is 5.92 Å². The second-order valence-electron chi connectivity index (χ2n) is 7.23. The van der Waals surface area contributed by atoms with Crippen molar-refractivity contribution in [2.75, 3.05) is 13.2 Å². The highest BCUT2D eigenvalue weighted by Gasteiger charge is 2.35. The van der Waals surface area contributed by atoms with Gasteiger partial charge < -0.3 is 14.1 Å². The summed E-state index contributed by atoms with van der Waals surface area (Å²) < 4.78 is 10.4. The van der Waals surface area contributed by atoms with Gasteiger partial charge in [-0.15, -0.1) is 0 Å². The van der Waals surface area contributed by atoms with Crippen LogP contribution in [0.1, 0.15) is 22.5 Å². The molecular formula is C24H21NO5. The van der Waals surface area contributed by atoms with Crippen LogP contribution in [0.3, 0.4) is 0 Å². The Bertz CT molecular complexity index is 1030. The zero-order valence-corrected chi connectivity index (χ0v) is 16.3. The number of amides is 1. The van der Waals surface area contributed by atoms with Crippen molar-refractivity contribution in [3.63, 3.8) is 0 Å². The van der Waals surface area contributed by atoms with Crippen LogP contribution in [0.4, 0.5) is 0 Å². The summed E-state index contributed by atoms with van der Waals surface area (Å²) in [5.74, 6) is -0.845. The Kier molecular flexibility index (Phi) is 5.75. The molecule has 0 spiro atoms. The van der Waals surface area contributed by atoms with E-state index in [1.807, 2.05) is 42.5 Å². The molecule has 2 aromatic carbocycles. The van der Waals surface area contributed by atoms with E-state index in [2.05, 4.69) is 0 Å². The lowest BCUT2D eigenvalue weighted by Crippen LogP contribution is -2.27. The maximum atomic E-state index is 12.4. The number of carbonyl (C=O) groups is 3. The van der Waals surface area contributed by atoms with E-state index < -0.39 is 11.9 Å². The molecule has 4 rings (SSSR count). The molecule has 0 radical (unpaired) electrons. The first kappa shape index (κ1) is 19.6. The fraction of sp³-hybridized carbons (Fsp3) is 0.208. The quantitative estimate of drug-likeness (QED) is 0.444. The first-order valence-corrected chi connectivity index (χ1v) is 9.75. The number of Topliss-reactive ketones (excluding diaryl/α,β-unsaturated/α-hetero) is 1. The summed E-state index contributed by atoms with van der Waals surface area (Å²) in [7, 11) is 0. The van der Waals surface area contributed by atoms with E-state index >= 15 is 0 Å². The van der Waals surface area contributed by atoms with Crippen LogP contribution in [-0.4, -0.2) is 35.7 Å². The van der Waals surface area contributed by atoms with Crippen LogP contribution in [0.5, 0.6) is 0 Å². The average molecular weight is 403 g/mol. The summed E-state index contributed by atoms with van der Waals surface area (Å²) in [4.78, 5) is 38.4. The summed E-state index contributed by atoms with van der Waals surface area (Å²) in [6.45, 7) is 0.243. The van der Waals surface area contributed by atoms with Crippen LogP contribution in [0.2, 0.25) is 0 Å². The number of ketones is 1. The predicted molar refractivity (Wildman–Crippen MR) is 109 cm³/mol. The van der Waals surface area contributed by atoms with Crippen molar-refractivity contribution in [3.05, 3.63) is 84.3 Å². The highest BCUT2D eigenvalue weighted by Crippen LogP contribution is 2.22. The zero-order chi connectivity index (χ0) is 20.9. The molecule has 0 unspecified atom stereocenters. The SMILES string of the molecule is O=C(COC(=O)[C@@H]1CC(=O)N(Cc2ccco2)C1)c1ccc(-c2ccccc2)cc1. The first-order chi connectivity index (χ1) is 14.6. The maximum Gasteiger partial charge on any atom is 0.311 e. The Hall–Kier alpha value is -3.67. The van der Waals surface area contributed by atoms with E-state index in [-0.39, 0.29) is 31.3 Å². The standard InChI is InChI=1S/C24H21NO5/c26-22(19-10-8-18(9-11-19)17-5-2-1-3-6-17)16-30-24(28)20-13-23(27)25(14-20)15-21-7-4-12-29-21/h1-12,20H,13-16H2/t20-/m1/s1. The molecule has 6 nitrogen and oxygen atoms in total. The van der Waals surface area contributed by atoms with Gasteiger partial charge in [-0.05, 0) is 23.3 Å². The number of likely N-dealkylation sites (tertiary alicyclic amines) is 1. The number of carbonyl (C=O) groups excluding carboxylic acids is 3. The Morgan fingerprint density at radius 1 is 0.967 bits per heavy atom. The van der Waals surface area contributed by atoms with Crippen molar-refractivity contribution in [2.45, 2.75) is 13.0 Å². The monoisotopic (exact) mass is 403 g/mol. The van der Waals surface area contributed by atoms with Gasteiger partial charge in [-0.25, -0.2) is 0 Å². The number of hydrogen-bond donors (Lipinski definition) is 0. The zero-order valence-electron chi connectivity index (χ0n) is 16.3. The van der Waals surface area contributed by atoms with Crippen LogP contribution in [-0.2, 0) is 20.9 Å². The van der Waals surface area contributed by atoms with E-state index in [0.29, 0.717) is 17.9 Å². The van der Waals surface area contributed by atoms with E-state index in [1.54, 1.807) is 35.4 Å². The minimum atomic E-state index is -0.569. The molecule has 1 aliphatic rings. The van der Waals surface area contributed by atoms with Crippen molar-refractivity contribution < 1.29 is 23.5 Å². The predicted octanol–water partition coefficient (Wildman–Crippen LogP) is 3.72. The molecule has 30 heavy (non-hydrogen) atoms. The van der Waals surface area contributed by atoms with E-state index in [4.69, 9.17) is 9.15 Å². The largest absolute Gasteiger partial charge is 0.467 e. The number of benzene rings is 2. The summed E-state index contributed by atoms with van der Waals surface area (Å²) in [5.41, 5.74) is 2.54. The number of rotatable bonds is 7. The average Bonchev–Trinajstić information content (AvgIpc) is 3.43. The minimum absolute atomic E-state index is 0.0828. The van der Waals surface area contributed by atoms with Gasteiger partial charge in [-0.1, -0.05) is 54.6 Å². The van der Waals surface area contributed by atoms with Gasteiger partial charge in [-0.3, -0.25) is 14.4 Å². The Balaban J connectivity index is 1.29. The third-order valence-electron chi connectivity index (χ3n) is 5.13. The second-order valence-corrected chi connectivity index (χ2v) is 7.23. The van der Waals surface area contributed by atoms with Crippen LogP contribution >= 0.6 is 0 Å². The van der Waals surface area contributed by atoms with Crippen LogP contribution in [0.25, 0.3) is 11.1 Å². The summed E-state index contributed by atoms with van der Waals surface area (Å²) in [6, 6.07) is 20.6. The van der Waals surface area contributed by atoms with Gasteiger partial charge in [-0.2, -0.15) is 0 Å². The lowest BCUT2D eigenvalue weighted by atomic mass is 10.0. The number of nitrogens with zero attached hydrogens (tertiary/aromatic N) is 1. The molecule has 152 valence electrons. The molecule has 1 atom stereocenters. The highest BCUT2D eigenvalue weighted by atomic mass is 16.5. The third kappa shape index (κ3) is 4.49. The van der Waals surface area contributed by atoms with Crippen molar-refractivity contribution >= 4 is 17.7 Å². The fourth-order valence-electron chi connectivity index (χ4n) is 3.49. The van der Waals surface area contributed by atoms with Crippen molar-refractivity contribution in [2.24, 2.45) is 5.92 Å². The second kappa shape index (κ2) is 8.78. The molecule has 2 heterocycles. The number of hydrogen-bond acceptors (Lipinski definition) is 5. The molecule has 0 aliphatic carbocycles. The number of furan rings is 1. The molecule has 1 amide bonds. The summed E-state index contributed by atoms with van der Waals surface area (Å²) in [6.07, 6.45) is 1.62. The van der Waals surface area contributed by atoms with E-state index in [9.17, 15) is 14.4 Å². The lowest BCUT2D eigenvalue weighted by Gasteiger charge is -2.14. The minimum Gasteiger partial charge on any atom is -0.467 e. The highest BCUT2D eigenvalue weighted by molar-refractivity contribution is 5.98. The van der Waals surface area contributed by atoms with Gasteiger partial charge in [0, 0.05) is 18.5 Å². The molecule has 1 saturated heterocycles. The molecule has 0 saturated carbocycles. The van der Waals surface area contributed by atoms with Gasteiger partial charge >= 0.3 is 5.97 Å². The Morgan fingerprint density at radius 3 is 2.40 bits per heavy atom. The molecule has 3 aromatic rings. The molecular weight excluding hydrogens is 382 g/mol. The summed E-state index contributed by atoms with van der Waals surface area (Å²) >= 11 is 0. The van der Waals surface area contributed by atoms with Gasteiger partial charge in [0.05, 0.1) is 18.7 Å². The Morgan fingerprint density at radius 2 is 1.70 bits per heavy atom. The Labute approximate surface area is 174 Å². The molecule has 6 heteroatoms. The fourth-order valence-corrected chi connectivity index (χ4v) is 3.49. The van der Waals surface area contributed by atoms with Crippen molar-refractivity contribution in [1.82, 2.24) is 4.90 Å². The molecule has 0 N–H and O–H groups in total. The smallest absolute Gasteiger partial charge is 0.311 e. The van der Waals surface area contributed by atoms with Crippen molar-refractivity contribution in [1.29, 1.82) is 0 Å². The van der Waals surface area contributed by atoms with Gasteiger partial charge in [0.2, 0.25) is 5.91 Å². The van der Waals surface area contributed by atoms with Crippen LogP contribution < -0.4 is 0 Å². The van der Waals surface area contributed by atoms with Crippen molar-refractivity contribution in [3.8, 4) is 11.1 Å². The molecule has 1 fully saturated rings.